The molecule has 0 aliphatic carbocycles. The van der Waals surface area contributed by atoms with Crippen molar-refractivity contribution in [2.24, 2.45) is 0 Å². The minimum atomic E-state index is -0.645. The van der Waals surface area contributed by atoms with Gasteiger partial charge in [0, 0.05) is 17.0 Å². The van der Waals surface area contributed by atoms with Crippen LogP contribution in [0.25, 0.3) is 0 Å². The van der Waals surface area contributed by atoms with Gasteiger partial charge in [-0.1, -0.05) is 25.4 Å². The first kappa shape index (κ1) is 18.8. The number of anilines is 1. The summed E-state index contributed by atoms with van der Waals surface area (Å²) in [5, 5.41) is 3.16. The molecule has 0 radical (unpaired) electrons. The first-order chi connectivity index (χ1) is 11.8. The van der Waals surface area contributed by atoms with Crippen molar-refractivity contribution >= 4 is 29.2 Å². The highest BCUT2D eigenvalue weighted by Crippen LogP contribution is 2.30. The Morgan fingerprint density at radius 2 is 2.08 bits per heavy atom. The zero-order chi connectivity index (χ0) is 18.6. The van der Waals surface area contributed by atoms with Gasteiger partial charge in [0.1, 0.15) is 17.3 Å². The first-order valence-electron chi connectivity index (χ1n) is 7.67. The monoisotopic (exact) mass is 365 g/mol. The fraction of sp³-hybridized carbons (Fsp3) is 0.353. The van der Waals surface area contributed by atoms with E-state index in [1.165, 1.54) is 13.3 Å². The fourth-order valence-electron chi connectivity index (χ4n) is 2.06. The van der Waals surface area contributed by atoms with Crippen molar-refractivity contribution in [2.75, 3.05) is 19.0 Å². The number of methoxy groups -OCH3 is 1. The summed E-state index contributed by atoms with van der Waals surface area (Å²) in [5.41, 5.74) is 1.44. The molecule has 0 saturated carbocycles. The van der Waals surface area contributed by atoms with Crippen LogP contribution in [0, 0.1) is 6.92 Å². The molecule has 25 heavy (non-hydrogen) atoms. The van der Waals surface area contributed by atoms with E-state index in [1.807, 2.05) is 20.8 Å². The highest BCUT2D eigenvalue weighted by atomic mass is 35.5. The third kappa shape index (κ3) is 4.73. The predicted octanol–water partition coefficient (Wildman–Crippen LogP) is 3.30. The van der Waals surface area contributed by atoms with Crippen LogP contribution in [0.3, 0.4) is 0 Å². The lowest BCUT2D eigenvalue weighted by Gasteiger charge is -2.12. The van der Waals surface area contributed by atoms with Crippen molar-refractivity contribution in [1.82, 2.24) is 9.97 Å². The molecule has 134 valence electrons. The van der Waals surface area contributed by atoms with Gasteiger partial charge in [-0.05, 0) is 18.6 Å². The number of amides is 1. The lowest BCUT2D eigenvalue weighted by atomic mass is 10.2. The number of aryl methyl sites for hydroxylation is 1. The van der Waals surface area contributed by atoms with Crippen LogP contribution in [-0.4, -0.2) is 35.6 Å². The van der Waals surface area contributed by atoms with Gasteiger partial charge in [0.2, 0.25) is 0 Å². The van der Waals surface area contributed by atoms with Crippen LogP contribution in [0.1, 0.15) is 41.6 Å². The average molecular weight is 366 g/mol. The molecule has 2 rings (SSSR count). The van der Waals surface area contributed by atoms with Crippen LogP contribution in [0.5, 0.6) is 5.75 Å². The van der Waals surface area contributed by atoms with Crippen molar-refractivity contribution < 1.29 is 19.1 Å². The molecule has 0 spiro atoms. The number of benzene rings is 1. The second-order valence-electron chi connectivity index (χ2n) is 5.76. The molecule has 1 aromatic carbocycles. The summed E-state index contributed by atoms with van der Waals surface area (Å²) >= 11 is 6.02. The van der Waals surface area contributed by atoms with E-state index in [9.17, 15) is 9.59 Å². The van der Waals surface area contributed by atoms with E-state index in [0.717, 1.165) is 5.56 Å². The summed E-state index contributed by atoms with van der Waals surface area (Å²) in [6.45, 7) is 5.27. The number of nitrogens with zero attached hydrogens (tertiary/aromatic N) is 1. The molecule has 0 bridgehead atoms. The van der Waals surface area contributed by atoms with Gasteiger partial charge in [0.15, 0.2) is 6.61 Å². The summed E-state index contributed by atoms with van der Waals surface area (Å²) in [4.78, 5) is 30.9. The Balaban J connectivity index is 1.96. The van der Waals surface area contributed by atoms with Crippen molar-refractivity contribution in [2.45, 2.75) is 26.7 Å². The average Bonchev–Trinajstić information content (AvgIpc) is 3.06. The van der Waals surface area contributed by atoms with Gasteiger partial charge >= 0.3 is 5.97 Å². The summed E-state index contributed by atoms with van der Waals surface area (Å²) in [6.07, 6.45) is 1.39. The Bertz CT molecular complexity index is 786. The Kier molecular flexibility index (Phi) is 6.03. The van der Waals surface area contributed by atoms with Gasteiger partial charge in [-0.25, -0.2) is 9.78 Å². The number of esters is 1. The van der Waals surface area contributed by atoms with Crippen molar-refractivity contribution in [3.63, 3.8) is 0 Å². The number of aromatic nitrogens is 2. The first-order valence-corrected chi connectivity index (χ1v) is 8.05. The minimum Gasteiger partial charge on any atom is -0.495 e. The van der Waals surface area contributed by atoms with Crippen LogP contribution in [0.4, 0.5) is 5.69 Å². The number of carbonyl (C=O) groups is 2. The van der Waals surface area contributed by atoms with Gasteiger partial charge in [-0.3, -0.25) is 4.79 Å². The number of aromatic amines is 1. The summed E-state index contributed by atoms with van der Waals surface area (Å²) in [5.74, 6) is 0.124. The largest absolute Gasteiger partial charge is 0.495 e. The number of imidazole rings is 1. The molecular weight excluding hydrogens is 346 g/mol. The quantitative estimate of drug-likeness (QED) is 0.766. The highest BCUT2D eigenvalue weighted by molar-refractivity contribution is 6.31. The summed E-state index contributed by atoms with van der Waals surface area (Å²) in [6, 6.07) is 3.29. The molecule has 1 aromatic heterocycles. The maximum atomic E-state index is 12.0. The Hall–Kier alpha value is -2.54. The number of nitrogens with one attached hydrogen (secondary N) is 2. The molecule has 0 aliphatic heterocycles. The maximum Gasteiger partial charge on any atom is 0.356 e. The van der Waals surface area contributed by atoms with Gasteiger partial charge in [0.05, 0.1) is 19.0 Å². The zero-order valence-electron chi connectivity index (χ0n) is 14.5. The van der Waals surface area contributed by atoms with Crippen molar-refractivity contribution in [3.8, 4) is 5.75 Å². The standard InChI is InChI=1S/C17H20ClN3O4/c1-9(2)16-19-7-13(21-16)17(23)25-8-15(22)20-12-5-10(3)11(18)6-14(12)24-4/h5-7,9H,8H2,1-4H3,(H,19,21)(H,20,22). The van der Waals surface area contributed by atoms with E-state index in [2.05, 4.69) is 15.3 Å². The molecule has 7 nitrogen and oxygen atoms in total. The maximum absolute atomic E-state index is 12.0. The SMILES string of the molecule is COc1cc(Cl)c(C)cc1NC(=O)COC(=O)c1cnc(C(C)C)[nH]1. The fourth-order valence-corrected chi connectivity index (χ4v) is 2.21. The van der Waals surface area contributed by atoms with Gasteiger partial charge in [-0.2, -0.15) is 0 Å². The molecule has 1 amide bonds. The molecule has 2 aromatic rings. The lowest BCUT2D eigenvalue weighted by molar-refractivity contribution is -0.119. The van der Waals surface area contributed by atoms with Crippen LogP contribution >= 0.6 is 11.6 Å². The van der Waals surface area contributed by atoms with Crippen LogP contribution in [0.15, 0.2) is 18.3 Å². The number of rotatable bonds is 6. The topological polar surface area (TPSA) is 93.3 Å². The second kappa shape index (κ2) is 8.02. The number of carbonyl (C=O) groups excluding carboxylic acids is 2. The van der Waals surface area contributed by atoms with Gasteiger partial charge in [0.25, 0.3) is 5.91 Å². The number of H-pyrrole nitrogens is 1. The molecule has 0 unspecified atom stereocenters. The number of hydrogen-bond acceptors (Lipinski definition) is 5. The third-order valence-corrected chi connectivity index (χ3v) is 3.86. The minimum absolute atomic E-state index is 0.158. The zero-order valence-corrected chi connectivity index (χ0v) is 15.2. The van der Waals surface area contributed by atoms with E-state index in [-0.39, 0.29) is 11.6 Å². The molecule has 1 heterocycles. The molecule has 0 saturated heterocycles. The highest BCUT2D eigenvalue weighted by Gasteiger charge is 2.16. The van der Waals surface area contributed by atoms with Crippen molar-refractivity contribution in [3.05, 3.63) is 40.4 Å². The second-order valence-corrected chi connectivity index (χ2v) is 6.17. The lowest BCUT2D eigenvalue weighted by Crippen LogP contribution is -2.21. The Morgan fingerprint density at radius 3 is 2.68 bits per heavy atom. The third-order valence-electron chi connectivity index (χ3n) is 3.45. The van der Waals surface area contributed by atoms with E-state index in [4.69, 9.17) is 21.1 Å². The smallest absolute Gasteiger partial charge is 0.356 e. The molecule has 0 atom stereocenters. The number of ether oxygens (including phenoxy) is 2. The normalized spacial score (nSPS) is 10.6. The Morgan fingerprint density at radius 1 is 1.36 bits per heavy atom. The molecule has 0 aliphatic rings. The molecule has 8 heteroatoms. The van der Waals surface area contributed by atoms with E-state index >= 15 is 0 Å². The number of halogens is 1. The van der Waals surface area contributed by atoms with Gasteiger partial charge in [-0.15, -0.1) is 0 Å². The molecule has 0 fully saturated rings. The van der Waals surface area contributed by atoms with E-state index < -0.39 is 18.5 Å². The molecule has 2 N–H and O–H groups in total. The van der Waals surface area contributed by atoms with E-state index in [1.54, 1.807) is 12.1 Å². The summed E-state index contributed by atoms with van der Waals surface area (Å²) < 4.78 is 10.2. The van der Waals surface area contributed by atoms with Gasteiger partial charge < -0.3 is 19.8 Å². The van der Waals surface area contributed by atoms with Crippen LogP contribution in [-0.2, 0) is 9.53 Å². The molecular formula is C17H20ClN3O4. The number of hydrogen-bond donors (Lipinski definition) is 2. The van der Waals surface area contributed by atoms with Crippen LogP contribution in [0.2, 0.25) is 5.02 Å². The summed E-state index contributed by atoms with van der Waals surface area (Å²) in [7, 11) is 1.47. The van der Waals surface area contributed by atoms with Crippen LogP contribution < -0.4 is 10.1 Å². The Labute approximate surface area is 150 Å². The predicted molar refractivity (Wildman–Crippen MR) is 94.3 cm³/mol. The van der Waals surface area contributed by atoms with E-state index in [0.29, 0.717) is 22.3 Å². The van der Waals surface area contributed by atoms with Crippen molar-refractivity contribution in [1.29, 1.82) is 0 Å².